The minimum Gasteiger partial charge on any atom is -0.462 e. The Labute approximate surface area is 185 Å². The zero-order valence-corrected chi connectivity index (χ0v) is 18.5. The number of aryl methyl sites for hydroxylation is 1. The molecule has 2 aromatic rings. The molecule has 2 amide bonds. The highest BCUT2D eigenvalue weighted by molar-refractivity contribution is 6.36. The molecule has 0 radical (unpaired) electrons. The fourth-order valence-corrected chi connectivity index (χ4v) is 3.20. The van der Waals surface area contributed by atoms with Crippen LogP contribution in [0.25, 0.3) is 0 Å². The van der Waals surface area contributed by atoms with E-state index in [0.29, 0.717) is 40.0 Å². The van der Waals surface area contributed by atoms with Crippen LogP contribution in [0.15, 0.2) is 30.3 Å². The average molecular weight is 452 g/mol. The fraction of sp³-hybridized carbons (Fsp3) is 0.333. The predicted octanol–water partition coefficient (Wildman–Crippen LogP) is 4.36. The van der Waals surface area contributed by atoms with Crippen LogP contribution in [0.2, 0.25) is 10.0 Å². The highest BCUT2D eigenvalue weighted by atomic mass is 35.5. The lowest BCUT2D eigenvalue weighted by Gasteiger charge is -2.21. The van der Waals surface area contributed by atoms with Crippen LogP contribution in [-0.4, -0.2) is 47.4 Å². The number of hydrogen-bond acceptors (Lipinski definition) is 5. The van der Waals surface area contributed by atoms with Crippen LogP contribution in [-0.2, 0) is 9.53 Å². The lowest BCUT2D eigenvalue weighted by Crippen LogP contribution is -2.39. The molecule has 30 heavy (non-hydrogen) atoms. The number of benzene rings is 1. The maximum atomic E-state index is 12.9. The Morgan fingerprint density at radius 2 is 1.87 bits per heavy atom. The van der Waals surface area contributed by atoms with Crippen molar-refractivity contribution < 1.29 is 19.1 Å². The predicted molar refractivity (Wildman–Crippen MR) is 116 cm³/mol. The number of pyridine rings is 1. The van der Waals surface area contributed by atoms with Crippen molar-refractivity contribution in [1.82, 2.24) is 9.88 Å². The largest absolute Gasteiger partial charge is 0.462 e. The van der Waals surface area contributed by atoms with Gasteiger partial charge in [-0.2, -0.15) is 0 Å². The van der Waals surface area contributed by atoms with Crippen LogP contribution in [0, 0.1) is 6.92 Å². The third-order valence-corrected chi connectivity index (χ3v) is 4.67. The summed E-state index contributed by atoms with van der Waals surface area (Å²) in [5, 5.41) is 3.43. The molecule has 0 aliphatic rings. The Morgan fingerprint density at radius 3 is 2.47 bits per heavy atom. The quantitative estimate of drug-likeness (QED) is 0.602. The Balaban J connectivity index is 2.14. The van der Waals surface area contributed by atoms with Gasteiger partial charge in [0.2, 0.25) is 5.91 Å². The third kappa shape index (κ3) is 6.18. The molecule has 0 fully saturated rings. The zero-order valence-electron chi connectivity index (χ0n) is 17.0. The van der Waals surface area contributed by atoms with Gasteiger partial charge in [-0.1, -0.05) is 30.1 Å². The standard InChI is InChI=1S/C21H23Cl2N3O4/c1-4-10-26(12-19(27)25-17-8-6-14(22)11-16(17)23)20(28)18-9-7-15(13(3)24-18)21(29)30-5-2/h6-9,11H,4-5,10,12H2,1-3H3,(H,25,27). The molecule has 1 aromatic carbocycles. The summed E-state index contributed by atoms with van der Waals surface area (Å²) >= 11 is 11.9. The van der Waals surface area contributed by atoms with E-state index in [4.69, 9.17) is 27.9 Å². The van der Waals surface area contributed by atoms with Crippen LogP contribution in [0.5, 0.6) is 0 Å². The summed E-state index contributed by atoms with van der Waals surface area (Å²) in [5.74, 6) is -1.31. The van der Waals surface area contributed by atoms with Gasteiger partial charge < -0.3 is 15.0 Å². The highest BCUT2D eigenvalue weighted by Gasteiger charge is 2.21. The number of ether oxygens (including phenoxy) is 1. The number of carbonyl (C=O) groups excluding carboxylic acids is 3. The molecule has 9 heteroatoms. The second-order valence-corrected chi connectivity index (χ2v) is 7.29. The molecule has 7 nitrogen and oxygen atoms in total. The SMILES string of the molecule is CCCN(CC(=O)Nc1ccc(Cl)cc1Cl)C(=O)c1ccc(C(=O)OCC)c(C)n1. The number of nitrogens with one attached hydrogen (secondary N) is 1. The van der Waals surface area contributed by atoms with Gasteiger partial charge in [0.05, 0.1) is 28.6 Å². The molecule has 160 valence electrons. The molecule has 0 unspecified atom stereocenters. The van der Waals surface area contributed by atoms with E-state index in [1.54, 1.807) is 26.0 Å². The molecule has 1 heterocycles. The first-order chi connectivity index (χ1) is 14.3. The topological polar surface area (TPSA) is 88.6 Å². The van der Waals surface area contributed by atoms with E-state index < -0.39 is 17.8 Å². The van der Waals surface area contributed by atoms with E-state index in [1.165, 1.54) is 23.1 Å². The molecule has 0 atom stereocenters. The number of nitrogens with zero attached hydrogens (tertiary/aromatic N) is 2. The minimum absolute atomic E-state index is 0.145. The first-order valence-electron chi connectivity index (χ1n) is 9.45. The van der Waals surface area contributed by atoms with Crippen LogP contribution in [0.4, 0.5) is 5.69 Å². The summed E-state index contributed by atoms with van der Waals surface area (Å²) in [5.41, 5.74) is 1.23. The Kier molecular flexibility index (Phi) is 8.62. The molecule has 0 saturated carbocycles. The second-order valence-electron chi connectivity index (χ2n) is 6.45. The maximum absolute atomic E-state index is 12.9. The molecule has 1 aromatic heterocycles. The van der Waals surface area contributed by atoms with Crippen LogP contribution < -0.4 is 5.32 Å². The van der Waals surface area contributed by atoms with Gasteiger partial charge in [-0.25, -0.2) is 9.78 Å². The number of esters is 1. The minimum atomic E-state index is -0.494. The average Bonchev–Trinajstić information content (AvgIpc) is 2.69. The van der Waals surface area contributed by atoms with E-state index >= 15 is 0 Å². The van der Waals surface area contributed by atoms with Crippen molar-refractivity contribution >= 4 is 46.7 Å². The van der Waals surface area contributed by atoms with E-state index in [-0.39, 0.29) is 18.8 Å². The summed E-state index contributed by atoms with van der Waals surface area (Å²) in [6, 6.07) is 7.68. The zero-order chi connectivity index (χ0) is 22.3. The van der Waals surface area contributed by atoms with E-state index in [0.717, 1.165) is 0 Å². The first-order valence-corrected chi connectivity index (χ1v) is 10.2. The molecular weight excluding hydrogens is 429 g/mol. The van der Waals surface area contributed by atoms with Crippen molar-refractivity contribution in [2.24, 2.45) is 0 Å². The van der Waals surface area contributed by atoms with Crippen molar-refractivity contribution in [3.05, 3.63) is 57.3 Å². The number of rotatable bonds is 8. The van der Waals surface area contributed by atoms with Gasteiger partial charge in [-0.05, 0) is 50.6 Å². The molecule has 1 N–H and O–H groups in total. The number of carbonyl (C=O) groups is 3. The highest BCUT2D eigenvalue weighted by Crippen LogP contribution is 2.25. The fourth-order valence-electron chi connectivity index (χ4n) is 2.74. The second kappa shape index (κ2) is 10.9. The summed E-state index contributed by atoms with van der Waals surface area (Å²) in [6.07, 6.45) is 0.653. The van der Waals surface area contributed by atoms with Gasteiger partial charge in [0, 0.05) is 11.6 Å². The number of amides is 2. The molecule has 0 bridgehead atoms. The number of halogens is 2. The Morgan fingerprint density at radius 1 is 1.13 bits per heavy atom. The molecule has 0 aliphatic carbocycles. The first kappa shape index (κ1) is 23.6. The lowest BCUT2D eigenvalue weighted by molar-refractivity contribution is -0.116. The number of anilines is 1. The van der Waals surface area contributed by atoms with Gasteiger partial charge in [0.15, 0.2) is 0 Å². The summed E-state index contributed by atoms with van der Waals surface area (Å²) in [7, 11) is 0. The number of aromatic nitrogens is 1. The summed E-state index contributed by atoms with van der Waals surface area (Å²) in [4.78, 5) is 42.9. The Bertz CT molecular complexity index is 950. The monoisotopic (exact) mass is 451 g/mol. The van der Waals surface area contributed by atoms with Gasteiger partial charge in [-0.15, -0.1) is 0 Å². The van der Waals surface area contributed by atoms with Crippen molar-refractivity contribution in [3.63, 3.8) is 0 Å². The van der Waals surface area contributed by atoms with Crippen molar-refractivity contribution in [2.45, 2.75) is 27.2 Å². The Hall–Kier alpha value is -2.64. The smallest absolute Gasteiger partial charge is 0.339 e. The van der Waals surface area contributed by atoms with Gasteiger partial charge in [-0.3, -0.25) is 9.59 Å². The van der Waals surface area contributed by atoms with E-state index in [1.807, 2.05) is 6.92 Å². The normalized spacial score (nSPS) is 10.4. The van der Waals surface area contributed by atoms with Crippen molar-refractivity contribution in [1.29, 1.82) is 0 Å². The summed E-state index contributed by atoms with van der Waals surface area (Å²) < 4.78 is 4.98. The van der Waals surface area contributed by atoms with Crippen LogP contribution in [0.1, 0.15) is 46.8 Å². The molecule has 0 aliphatic heterocycles. The lowest BCUT2D eigenvalue weighted by atomic mass is 10.1. The number of hydrogen-bond donors (Lipinski definition) is 1. The third-order valence-electron chi connectivity index (χ3n) is 4.12. The van der Waals surface area contributed by atoms with Gasteiger partial charge >= 0.3 is 5.97 Å². The van der Waals surface area contributed by atoms with Gasteiger partial charge in [0.25, 0.3) is 5.91 Å². The van der Waals surface area contributed by atoms with E-state index in [9.17, 15) is 14.4 Å². The van der Waals surface area contributed by atoms with Gasteiger partial charge in [0.1, 0.15) is 12.2 Å². The molecular formula is C21H23Cl2N3O4. The molecule has 0 spiro atoms. The summed E-state index contributed by atoms with van der Waals surface area (Å²) in [6.45, 7) is 5.67. The molecule has 2 rings (SSSR count). The molecule has 0 saturated heterocycles. The van der Waals surface area contributed by atoms with Crippen molar-refractivity contribution in [2.75, 3.05) is 25.0 Å². The van der Waals surface area contributed by atoms with Crippen molar-refractivity contribution in [3.8, 4) is 0 Å². The van der Waals surface area contributed by atoms with Crippen LogP contribution >= 0.6 is 23.2 Å². The van der Waals surface area contributed by atoms with Crippen LogP contribution in [0.3, 0.4) is 0 Å². The maximum Gasteiger partial charge on any atom is 0.339 e. The van der Waals surface area contributed by atoms with E-state index in [2.05, 4.69) is 10.3 Å².